The number of hydrogen-bond donors (Lipinski definition) is 5. The Morgan fingerprint density at radius 2 is 1.62 bits per heavy atom. The highest BCUT2D eigenvalue weighted by atomic mass is 16.5. The quantitative estimate of drug-likeness (QED) is 0.0854. The normalized spacial score (nSPS) is 17.2. The Kier molecular flexibility index (Phi) is 12.3. The highest BCUT2D eigenvalue weighted by molar-refractivity contribution is 6.24. The molecule has 0 spiro atoms. The second-order valence-corrected chi connectivity index (χ2v) is 16.1. The number of nitrogens with one attached hydrogen (secondary N) is 5. The van der Waals surface area contributed by atoms with E-state index in [-0.39, 0.29) is 60.8 Å². The van der Waals surface area contributed by atoms with Crippen molar-refractivity contribution in [2.45, 2.75) is 70.1 Å². The summed E-state index contributed by atoms with van der Waals surface area (Å²) < 4.78 is 5.89. The van der Waals surface area contributed by atoms with Gasteiger partial charge in [0.2, 0.25) is 11.8 Å². The fourth-order valence-electron chi connectivity index (χ4n) is 7.90. The van der Waals surface area contributed by atoms with Gasteiger partial charge in [-0.25, -0.2) is 4.79 Å². The number of fused-ring (bicyclic) bond motifs is 2. The third-order valence-electron chi connectivity index (χ3n) is 11.2. The first kappa shape index (κ1) is 42.3. The zero-order chi connectivity index (χ0) is 43.4. The molecule has 2 atom stereocenters. The zero-order valence-corrected chi connectivity index (χ0v) is 34.5. The van der Waals surface area contributed by atoms with Crippen LogP contribution in [0, 0.1) is 0 Å². The molecule has 318 valence electrons. The zero-order valence-electron chi connectivity index (χ0n) is 34.5. The van der Waals surface area contributed by atoms with Gasteiger partial charge in [-0.05, 0) is 95.6 Å². The lowest BCUT2D eigenvalue weighted by atomic mass is 10.0. The summed E-state index contributed by atoms with van der Waals surface area (Å²) >= 11 is 0. The largest absolute Gasteiger partial charge is 0.493 e. The molecule has 1 saturated heterocycles. The van der Waals surface area contributed by atoms with Crippen molar-refractivity contribution in [1.82, 2.24) is 40.8 Å². The molecule has 3 aliphatic rings. The molecule has 61 heavy (non-hydrogen) atoms. The van der Waals surface area contributed by atoms with Gasteiger partial charge in [-0.2, -0.15) is 5.10 Å². The van der Waals surface area contributed by atoms with E-state index in [0.29, 0.717) is 54.9 Å². The first-order chi connectivity index (χ1) is 29.2. The van der Waals surface area contributed by atoms with Crippen LogP contribution in [-0.4, -0.2) is 106 Å². The highest BCUT2D eigenvalue weighted by Gasteiger charge is 2.46. The Morgan fingerprint density at radius 1 is 0.902 bits per heavy atom. The fraction of sp³-hybridized carbons (Fsp3) is 0.364. The van der Waals surface area contributed by atoms with Crippen LogP contribution in [0.25, 0.3) is 0 Å². The van der Waals surface area contributed by atoms with Crippen LogP contribution >= 0.6 is 0 Å². The lowest BCUT2D eigenvalue weighted by molar-refractivity contribution is -0.136. The van der Waals surface area contributed by atoms with Gasteiger partial charge in [0, 0.05) is 36.2 Å². The van der Waals surface area contributed by atoms with E-state index >= 15 is 0 Å². The maximum Gasteiger partial charge on any atom is 0.319 e. The van der Waals surface area contributed by atoms with E-state index in [0.717, 1.165) is 16.2 Å². The summed E-state index contributed by atoms with van der Waals surface area (Å²) in [6, 6.07) is 19.3. The van der Waals surface area contributed by atoms with Gasteiger partial charge in [-0.1, -0.05) is 36.4 Å². The summed E-state index contributed by atoms with van der Waals surface area (Å²) in [5, 5.41) is 18.5. The van der Waals surface area contributed by atoms with Crippen LogP contribution in [0.1, 0.15) is 110 Å². The smallest absolute Gasteiger partial charge is 0.319 e. The van der Waals surface area contributed by atoms with Gasteiger partial charge in [-0.3, -0.25) is 44.1 Å². The first-order valence-corrected chi connectivity index (χ1v) is 20.3. The van der Waals surface area contributed by atoms with E-state index in [9.17, 15) is 33.6 Å². The van der Waals surface area contributed by atoms with Gasteiger partial charge in [0.1, 0.15) is 11.8 Å². The molecule has 3 aliphatic heterocycles. The number of anilines is 1. The second kappa shape index (κ2) is 17.8. The molecular weight excluding hydrogens is 783 g/mol. The number of ether oxygens (including phenoxy) is 1. The average Bonchev–Trinajstić information content (AvgIpc) is 3.85. The number of rotatable bonds is 15. The molecule has 17 nitrogen and oxygen atoms in total. The maximum atomic E-state index is 13.7. The summed E-state index contributed by atoms with van der Waals surface area (Å²) in [6.07, 6.45) is 2.06. The molecule has 1 fully saturated rings. The molecule has 4 heterocycles. The molecule has 0 bridgehead atoms. The number of amides is 8. The Hall–Kier alpha value is -6.88. The van der Waals surface area contributed by atoms with Crippen molar-refractivity contribution < 1.29 is 38.3 Å². The van der Waals surface area contributed by atoms with Crippen molar-refractivity contribution in [3.05, 3.63) is 112 Å². The van der Waals surface area contributed by atoms with Crippen molar-refractivity contribution in [1.29, 1.82) is 0 Å². The van der Waals surface area contributed by atoms with E-state index in [1.54, 1.807) is 41.3 Å². The topological polar surface area (TPSA) is 215 Å². The van der Waals surface area contributed by atoms with Crippen LogP contribution in [0.4, 0.5) is 10.6 Å². The Morgan fingerprint density at radius 3 is 2.33 bits per heavy atom. The van der Waals surface area contributed by atoms with Gasteiger partial charge >= 0.3 is 6.03 Å². The summed E-state index contributed by atoms with van der Waals surface area (Å²) in [7, 11) is 3.91. The molecule has 0 aliphatic carbocycles. The second-order valence-electron chi connectivity index (χ2n) is 16.1. The number of carbonyl (C=O) groups is 7. The number of H-pyrrole nitrogens is 1. The summed E-state index contributed by atoms with van der Waals surface area (Å²) in [6.45, 7) is 5.36. The number of likely N-dealkylation sites (N-methyl/N-ethyl adjacent to an activating group) is 1. The van der Waals surface area contributed by atoms with Crippen LogP contribution in [0.15, 0.2) is 72.8 Å². The number of nitrogens with zero attached hydrogens (tertiary/aromatic N) is 4. The van der Waals surface area contributed by atoms with E-state index < -0.39 is 41.1 Å². The molecule has 0 saturated carbocycles. The van der Waals surface area contributed by atoms with Crippen LogP contribution in [0.2, 0.25) is 0 Å². The third-order valence-corrected chi connectivity index (χ3v) is 11.2. The lowest BCUT2D eigenvalue weighted by Gasteiger charge is -2.34. The number of aromatic amines is 1. The monoisotopic (exact) mass is 831 g/mol. The molecule has 7 rings (SSSR count). The number of piperidine rings is 1. The highest BCUT2D eigenvalue weighted by Crippen LogP contribution is 2.41. The minimum Gasteiger partial charge on any atom is -0.493 e. The van der Waals surface area contributed by atoms with Gasteiger partial charge in [0.05, 0.1) is 41.6 Å². The molecule has 1 aromatic heterocycles. The number of carbonyl (C=O) groups excluding carboxylic acids is 7. The number of benzene rings is 3. The Bertz CT molecular complexity index is 2360. The SMILES string of the molecule is CN(C)C[C@@H](NC(=O)N1Cc2c(NC(=O)c3ccc(C(=O)NCCCCCOc4cccc5c4C(=O)N(C4CCC(=O)NC4=O)C5=O)cc3)n[nH]c2C1(C)C)c1ccccc1. The third kappa shape index (κ3) is 8.87. The summed E-state index contributed by atoms with van der Waals surface area (Å²) in [5.41, 5.74) is 2.68. The fourth-order valence-corrected chi connectivity index (χ4v) is 7.90. The molecule has 4 aromatic rings. The first-order valence-electron chi connectivity index (χ1n) is 20.3. The maximum absolute atomic E-state index is 13.7. The number of urea groups is 1. The van der Waals surface area contributed by atoms with Crippen LogP contribution in [-0.2, 0) is 21.7 Å². The van der Waals surface area contributed by atoms with E-state index in [2.05, 4.69) is 31.5 Å². The lowest BCUT2D eigenvalue weighted by Crippen LogP contribution is -2.54. The molecule has 5 N–H and O–H groups in total. The predicted molar refractivity (Wildman–Crippen MR) is 223 cm³/mol. The van der Waals surface area contributed by atoms with Crippen molar-refractivity contribution in [2.24, 2.45) is 0 Å². The van der Waals surface area contributed by atoms with Crippen molar-refractivity contribution in [3.63, 3.8) is 0 Å². The molecule has 0 radical (unpaired) electrons. The average molecular weight is 832 g/mol. The number of unbranched alkanes of at least 4 members (excludes halogenated alkanes) is 2. The standard InChI is InChI=1S/C44H49N9O8/c1-44(2)36-30(24-52(44)43(60)46-31(25-51(3)4)26-12-7-5-8-13-26)37(50-49-36)48-39(56)28-18-16-27(17-19-28)38(55)45-22-9-6-10-23-61-33-15-11-14-29-35(33)42(59)53(41(29)58)32-20-21-34(54)47-40(32)57/h5,7-8,11-19,31-32H,6,9-10,20-25H2,1-4H3,(H,45,55)(H,46,60)(H,47,54,57)(H2,48,49,50,56)/t31-,32?/m1/s1. The summed E-state index contributed by atoms with van der Waals surface area (Å²) in [5.74, 6) is -2.48. The Labute approximate surface area is 352 Å². The minimum absolute atomic E-state index is 0.0334. The number of aromatic nitrogens is 2. The van der Waals surface area contributed by atoms with Gasteiger partial charge in [-0.15, -0.1) is 0 Å². The van der Waals surface area contributed by atoms with Gasteiger partial charge < -0.3 is 30.5 Å². The Balaban J connectivity index is 0.854. The van der Waals surface area contributed by atoms with Gasteiger partial charge in [0.25, 0.3) is 23.6 Å². The van der Waals surface area contributed by atoms with E-state index in [1.165, 1.54) is 6.07 Å². The van der Waals surface area contributed by atoms with Crippen LogP contribution < -0.4 is 26.0 Å². The molecule has 17 heteroatoms. The van der Waals surface area contributed by atoms with E-state index in [4.69, 9.17) is 4.74 Å². The number of imide groups is 2. The molecule has 3 aromatic carbocycles. The van der Waals surface area contributed by atoms with Crippen LogP contribution in [0.5, 0.6) is 5.75 Å². The number of hydrogen-bond acceptors (Lipinski definition) is 10. The molecular formula is C44H49N9O8. The predicted octanol–water partition coefficient (Wildman–Crippen LogP) is 4.11. The van der Waals surface area contributed by atoms with Crippen molar-refractivity contribution in [3.8, 4) is 5.75 Å². The van der Waals surface area contributed by atoms with Crippen molar-refractivity contribution >= 4 is 47.3 Å². The molecule has 1 unspecified atom stereocenters. The summed E-state index contributed by atoms with van der Waals surface area (Å²) in [4.78, 5) is 94.9. The minimum atomic E-state index is -1.06. The van der Waals surface area contributed by atoms with Crippen molar-refractivity contribution in [2.75, 3.05) is 39.1 Å². The molecule has 8 amide bonds. The van der Waals surface area contributed by atoms with Crippen LogP contribution in [0.3, 0.4) is 0 Å². The van der Waals surface area contributed by atoms with E-state index in [1.807, 2.05) is 63.2 Å². The van der Waals surface area contributed by atoms with Gasteiger partial charge in [0.15, 0.2) is 5.82 Å².